The third-order valence-corrected chi connectivity index (χ3v) is 10.2. The minimum atomic E-state index is 0.636. The standard InChI is InChI=1S/C48H29N3/c1-49-34-23-26-46-42(30-34)41-29-33(22-25-45(41)51(46)35-14-3-2-4-15-35)47-38-17-7-8-18-39(38)48(44-20-9-10-27-50-44)43-28-32(21-24-40(43)47)37-19-11-13-31-12-5-6-16-36(31)37/h2-30H. The van der Waals surface area contributed by atoms with Gasteiger partial charge in [0.1, 0.15) is 0 Å². The highest BCUT2D eigenvalue weighted by molar-refractivity contribution is 6.23. The average Bonchev–Trinajstić information content (AvgIpc) is 3.53. The maximum absolute atomic E-state index is 7.78. The Kier molecular flexibility index (Phi) is 6.56. The van der Waals surface area contributed by atoms with Crippen molar-refractivity contribution in [2.24, 2.45) is 0 Å². The lowest BCUT2D eigenvalue weighted by Gasteiger charge is -2.19. The van der Waals surface area contributed by atoms with Crippen LogP contribution < -0.4 is 0 Å². The van der Waals surface area contributed by atoms with Crippen LogP contribution in [0, 0.1) is 6.57 Å². The molecular formula is C48H29N3. The van der Waals surface area contributed by atoms with Gasteiger partial charge in [-0.25, -0.2) is 4.85 Å². The fourth-order valence-corrected chi connectivity index (χ4v) is 8.01. The van der Waals surface area contributed by atoms with E-state index in [1.165, 1.54) is 38.2 Å². The van der Waals surface area contributed by atoms with E-state index in [0.717, 1.165) is 55.1 Å². The Morgan fingerprint density at radius 2 is 1.10 bits per heavy atom. The summed E-state index contributed by atoms with van der Waals surface area (Å²) in [6.45, 7) is 7.78. The van der Waals surface area contributed by atoms with E-state index < -0.39 is 0 Å². The summed E-state index contributed by atoms with van der Waals surface area (Å²) in [7, 11) is 0. The van der Waals surface area contributed by atoms with Gasteiger partial charge in [-0.2, -0.15) is 0 Å². The first-order chi connectivity index (χ1) is 25.3. The van der Waals surface area contributed by atoms with Gasteiger partial charge in [0.15, 0.2) is 5.69 Å². The van der Waals surface area contributed by atoms with Crippen molar-refractivity contribution in [1.82, 2.24) is 9.55 Å². The predicted octanol–water partition coefficient (Wildman–Crippen LogP) is 13.2. The number of benzene rings is 8. The number of fused-ring (bicyclic) bond motifs is 6. The van der Waals surface area contributed by atoms with Gasteiger partial charge in [-0.05, 0) is 115 Å². The second kappa shape index (κ2) is 11.6. The summed E-state index contributed by atoms with van der Waals surface area (Å²) in [4.78, 5) is 8.70. The van der Waals surface area contributed by atoms with Crippen molar-refractivity contribution in [2.45, 2.75) is 0 Å². The largest absolute Gasteiger partial charge is 0.309 e. The smallest absolute Gasteiger partial charge is 0.188 e. The second-order valence-electron chi connectivity index (χ2n) is 13.0. The molecule has 0 atom stereocenters. The number of nitrogens with zero attached hydrogens (tertiary/aromatic N) is 3. The lowest BCUT2D eigenvalue weighted by Crippen LogP contribution is -1.94. The maximum Gasteiger partial charge on any atom is 0.188 e. The van der Waals surface area contributed by atoms with Crippen LogP contribution in [-0.2, 0) is 0 Å². The molecular weight excluding hydrogens is 619 g/mol. The summed E-state index contributed by atoms with van der Waals surface area (Å²) >= 11 is 0. The van der Waals surface area contributed by atoms with Crippen molar-refractivity contribution in [1.29, 1.82) is 0 Å². The molecule has 10 rings (SSSR count). The van der Waals surface area contributed by atoms with Gasteiger partial charge >= 0.3 is 0 Å². The van der Waals surface area contributed by atoms with Crippen molar-refractivity contribution < 1.29 is 0 Å². The van der Waals surface area contributed by atoms with Gasteiger partial charge in [0, 0.05) is 22.8 Å². The topological polar surface area (TPSA) is 22.2 Å². The molecule has 2 aromatic heterocycles. The number of hydrogen-bond acceptors (Lipinski definition) is 1. The average molecular weight is 648 g/mol. The van der Waals surface area contributed by atoms with Gasteiger partial charge in [-0.3, -0.25) is 4.98 Å². The number of hydrogen-bond donors (Lipinski definition) is 0. The molecule has 51 heavy (non-hydrogen) atoms. The molecule has 0 N–H and O–H groups in total. The van der Waals surface area contributed by atoms with E-state index in [4.69, 9.17) is 11.6 Å². The molecule has 0 radical (unpaired) electrons. The number of aromatic nitrogens is 2. The lowest BCUT2D eigenvalue weighted by molar-refractivity contribution is 1.18. The van der Waals surface area contributed by atoms with Crippen molar-refractivity contribution in [2.75, 3.05) is 0 Å². The van der Waals surface area contributed by atoms with E-state index in [1.54, 1.807) is 0 Å². The van der Waals surface area contributed by atoms with Crippen LogP contribution in [-0.4, -0.2) is 9.55 Å². The van der Waals surface area contributed by atoms with Crippen LogP contribution in [0.3, 0.4) is 0 Å². The van der Waals surface area contributed by atoms with E-state index >= 15 is 0 Å². The zero-order valence-electron chi connectivity index (χ0n) is 27.6. The minimum Gasteiger partial charge on any atom is -0.309 e. The number of rotatable bonds is 4. The molecule has 0 aliphatic carbocycles. The zero-order valence-corrected chi connectivity index (χ0v) is 27.6. The molecule has 3 nitrogen and oxygen atoms in total. The SMILES string of the molecule is [C-]#[N+]c1ccc2c(c1)c1cc(-c3c4ccccc4c(-c4ccccn4)c4cc(-c5cccc6ccccc56)ccc34)ccc1n2-c1ccccc1. The van der Waals surface area contributed by atoms with Crippen molar-refractivity contribution in [3.63, 3.8) is 0 Å². The van der Waals surface area contributed by atoms with Crippen molar-refractivity contribution in [3.8, 4) is 39.2 Å². The lowest BCUT2D eigenvalue weighted by atomic mass is 9.85. The fourth-order valence-electron chi connectivity index (χ4n) is 8.01. The highest BCUT2D eigenvalue weighted by Crippen LogP contribution is 2.46. The molecule has 0 aliphatic rings. The Balaban J connectivity index is 1.31. The van der Waals surface area contributed by atoms with E-state index in [0.29, 0.717) is 5.69 Å². The van der Waals surface area contributed by atoms with Crippen molar-refractivity contribution >= 4 is 59.8 Å². The maximum atomic E-state index is 7.78. The van der Waals surface area contributed by atoms with Gasteiger partial charge < -0.3 is 4.57 Å². The summed E-state index contributed by atoms with van der Waals surface area (Å²) in [5, 5.41) is 9.33. The fraction of sp³-hybridized carbons (Fsp3) is 0. The molecule has 2 heterocycles. The Labute approximate surface area is 295 Å². The monoisotopic (exact) mass is 647 g/mol. The third-order valence-electron chi connectivity index (χ3n) is 10.2. The zero-order chi connectivity index (χ0) is 33.9. The van der Waals surface area contributed by atoms with Crippen LogP contribution in [0.15, 0.2) is 176 Å². The number of para-hydroxylation sites is 1. The van der Waals surface area contributed by atoms with Crippen LogP contribution in [0.5, 0.6) is 0 Å². The molecule has 10 aromatic rings. The van der Waals surface area contributed by atoms with Crippen LogP contribution >= 0.6 is 0 Å². The molecule has 8 aromatic carbocycles. The van der Waals surface area contributed by atoms with Crippen LogP contribution in [0.25, 0.3) is 98.2 Å². The van der Waals surface area contributed by atoms with E-state index in [9.17, 15) is 0 Å². The van der Waals surface area contributed by atoms with Crippen LogP contribution in [0.4, 0.5) is 5.69 Å². The quantitative estimate of drug-likeness (QED) is 0.138. The molecule has 0 bridgehead atoms. The van der Waals surface area contributed by atoms with Gasteiger partial charge in [0.2, 0.25) is 0 Å². The minimum absolute atomic E-state index is 0.636. The van der Waals surface area contributed by atoms with E-state index in [-0.39, 0.29) is 0 Å². The molecule has 0 spiro atoms. The summed E-state index contributed by atoms with van der Waals surface area (Å²) in [6, 6.07) is 60.3. The summed E-state index contributed by atoms with van der Waals surface area (Å²) in [5.41, 5.74) is 10.7. The Hall–Kier alpha value is -7.02. The van der Waals surface area contributed by atoms with Gasteiger partial charge in [-0.1, -0.05) is 115 Å². The normalized spacial score (nSPS) is 11.5. The van der Waals surface area contributed by atoms with Gasteiger partial charge in [0.25, 0.3) is 0 Å². The highest BCUT2D eigenvalue weighted by atomic mass is 15.0. The van der Waals surface area contributed by atoms with Crippen molar-refractivity contribution in [3.05, 3.63) is 187 Å². The first-order valence-corrected chi connectivity index (χ1v) is 17.2. The summed E-state index contributed by atoms with van der Waals surface area (Å²) in [5.74, 6) is 0. The molecule has 0 saturated carbocycles. The summed E-state index contributed by atoms with van der Waals surface area (Å²) < 4.78 is 2.30. The molecule has 0 amide bonds. The van der Waals surface area contributed by atoms with E-state index in [2.05, 4.69) is 155 Å². The predicted molar refractivity (Wildman–Crippen MR) is 214 cm³/mol. The molecule has 0 saturated heterocycles. The Morgan fingerprint density at radius 1 is 0.451 bits per heavy atom. The Bertz CT molecular complexity index is 3020. The van der Waals surface area contributed by atoms with Crippen LogP contribution in [0.1, 0.15) is 0 Å². The van der Waals surface area contributed by atoms with Gasteiger partial charge in [-0.15, -0.1) is 0 Å². The van der Waals surface area contributed by atoms with Crippen LogP contribution in [0.2, 0.25) is 0 Å². The molecule has 236 valence electrons. The number of pyridine rings is 1. The molecule has 0 unspecified atom stereocenters. The second-order valence-corrected chi connectivity index (χ2v) is 13.0. The highest BCUT2D eigenvalue weighted by Gasteiger charge is 2.20. The molecule has 0 fully saturated rings. The molecule has 0 aliphatic heterocycles. The first-order valence-electron chi connectivity index (χ1n) is 17.2. The third kappa shape index (κ3) is 4.55. The molecule has 3 heteroatoms. The van der Waals surface area contributed by atoms with E-state index in [1.807, 2.05) is 30.5 Å². The Morgan fingerprint density at radius 3 is 1.90 bits per heavy atom. The first kappa shape index (κ1) is 28.9. The van der Waals surface area contributed by atoms with Gasteiger partial charge in [0.05, 0.1) is 23.3 Å². The summed E-state index contributed by atoms with van der Waals surface area (Å²) in [6.07, 6.45) is 1.88.